The van der Waals surface area contributed by atoms with Crippen molar-refractivity contribution in [3.8, 4) is 11.5 Å². The lowest BCUT2D eigenvalue weighted by Crippen LogP contribution is -2.38. The quantitative estimate of drug-likeness (QED) is 0.791. The van der Waals surface area contributed by atoms with Crippen LogP contribution in [0, 0.1) is 20.8 Å². The molecule has 2 rings (SSSR count). The summed E-state index contributed by atoms with van der Waals surface area (Å²) in [4.78, 5) is 12.1. The van der Waals surface area contributed by atoms with Crippen LogP contribution in [-0.2, 0) is 4.79 Å². The second kappa shape index (κ2) is 8.39. The van der Waals surface area contributed by atoms with Crippen molar-refractivity contribution in [3.63, 3.8) is 0 Å². The average molecular weight is 327 g/mol. The first-order valence-corrected chi connectivity index (χ1v) is 8.17. The Balaban J connectivity index is 1.75. The molecular formula is C20H25NO3. The van der Waals surface area contributed by atoms with Crippen molar-refractivity contribution in [2.75, 3.05) is 13.2 Å². The van der Waals surface area contributed by atoms with Crippen molar-refractivity contribution in [2.24, 2.45) is 0 Å². The van der Waals surface area contributed by atoms with Crippen LogP contribution < -0.4 is 14.8 Å². The molecule has 1 atom stereocenters. The summed E-state index contributed by atoms with van der Waals surface area (Å²) in [7, 11) is 0. The number of carbonyl (C=O) groups is 1. The van der Waals surface area contributed by atoms with E-state index in [2.05, 4.69) is 5.32 Å². The minimum absolute atomic E-state index is 0.150. The van der Waals surface area contributed by atoms with Gasteiger partial charge in [-0.3, -0.25) is 4.79 Å². The number of benzene rings is 2. The van der Waals surface area contributed by atoms with Gasteiger partial charge in [-0.05, 0) is 57.0 Å². The summed E-state index contributed by atoms with van der Waals surface area (Å²) in [5.74, 6) is 1.39. The molecule has 1 N–H and O–H groups in total. The van der Waals surface area contributed by atoms with Gasteiger partial charge in [-0.25, -0.2) is 0 Å². The maximum Gasteiger partial charge on any atom is 0.260 e. The molecule has 0 saturated carbocycles. The smallest absolute Gasteiger partial charge is 0.260 e. The summed E-state index contributed by atoms with van der Waals surface area (Å²) in [6.07, 6.45) is -0.551. The summed E-state index contributed by atoms with van der Waals surface area (Å²) in [5.41, 5.74) is 3.39. The number of carbonyl (C=O) groups excluding carboxylic acids is 1. The molecule has 0 bridgehead atoms. The summed E-state index contributed by atoms with van der Waals surface area (Å²) in [6.45, 7) is 8.65. The number of nitrogens with one attached hydrogen (secondary N) is 1. The molecular weight excluding hydrogens is 302 g/mol. The third kappa shape index (κ3) is 5.01. The number of aryl methyl sites for hydroxylation is 2. The van der Waals surface area contributed by atoms with Crippen LogP contribution in [-0.4, -0.2) is 25.2 Å². The fourth-order valence-electron chi connectivity index (χ4n) is 2.22. The molecule has 24 heavy (non-hydrogen) atoms. The molecule has 0 aromatic heterocycles. The van der Waals surface area contributed by atoms with E-state index in [0.29, 0.717) is 13.2 Å². The van der Waals surface area contributed by atoms with Gasteiger partial charge >= 0.3 is 0 Å². The molecule has 0 fully saturated rings. The van der Waals surface area contributed by atoms with Gasteiger partial charge in [0.2, 0.25) is 0 Å². The molecule has 2 aromatic rings. The van der Waals surface area contributed by atoms with Crippen LogP contribution in [0.1, 0.15) is 23.6 Å². The first-order chi connectivity index (χ1) is 11.5. The SMILES string of the molecule is Cc1ccc(OCCNC(=O)C(C)Oc2cccc(C)c2C)cc1. The zero-order valence-corrected chi connectivity index (χ0v) is 14.8. The summed E-state index contributed by atoms with van der Waals surface area (Å²) in [5, 5.41) is 2.83. The van der Waals surface area contributed by atoms with E-state index in [1.807, 2.05) is 63.2 Å². The maximum absolute atomic E-state index is 12.1. The lowest BCUT2D eigenvalue weighted by Gasteiger charge is -2.17. The normalized spacial score (nSPS) is 11.7. The molecule has 0 radical (unpaired) electrons. The number of hydrogen-bond donors (Lipinski definition) is 1. The Labute approximate surface area is 143 Å². The van der Waals surface area contributed by atoms with E-state index in [4.69, 9.17) is 9.47 Å². The van der Waals surface area contributed by atoms with Crippen LogP contribution in [0.15, 0.2) is 42.5 Å². The Morgan fingerprint density at radius 1 is 1.08 bits per heavy atom. The highest BCUT2D eigenvalue weighted by Gasteiger charge is 2.15. The molecule has 0 aliphatic carbocycles. The van der Waals surface area contributed by atoms with Gasteiger partial charge < -0.3 is 14.8 Å². The lowest BCUT2D eigenvalue weighted by molar-refractivity contribution is -0.127. The minimum Gasteiger partial charge on any atom is -0.492 e. The van der Waals surface area contributed by atoms with Crippen molar-refractivity contribution in [1.82, 2.24) is 5.32 Å². The van der Waals surface area contributed by atoms with Gasteiger partial charge in [0.05, 0.1) is 6.54 Å². The molecule has 2 aromatic carbocycles. The van der Waals surface area contributed by atoms with Crippen molar-refractivity contribution in [2.45, 2.75) is 33.8 Å². The summed E-state index contributed by atoms with van der Waals surface area (Å²) < 4.78 is 11.4. The standard InChI is InChI=1S/C20H25NO3/c1-14-8-10-18(11-9-14)23-13-12-21-20(22)17(4)24-19-7-5-6-15(2)16(19)3/h5-11,17H,12-13H2,1-4H3,(H,21,22). The highest BCUT2D eigenvalue weighted by molar-refractivity contribution is 5.80. The topological polar surface area (TPSA) is 47.6 Å². The van der Waals surface area contributed by atoms with E-state index >= 15 is 0 Å². The Morgan fingerprint density at radius 3 is 2.50 bits per heavy atom. The molecule has 0 heterocycles. The Morgan fingerprint density at radius 2 is 1.79 bits per heavy atom. The third-order valence-electron chi connectivity index (χ3n) is 3.92. The molecule has 0 saturated heterocycles. The Hall–Kier alpha value is -2.49. The van der Waals surface area contributed by atoms with Crippen LogP contribution in [0.4, 0.5) is 0 Å². The van der Waals surface area contributed by atoms with Crippen LogP contribution in [0.3, 0.4) is 0 Å². The Kier molecular flexibility index (Phi) is 6.24. The van der Waals surface area contributed by atoms with Gasteiger partial charge in [-0.1, -0.05) is 29.8 Å². The van der Waals surface area contributed by atoms with Gasteiger partial charge in [0, 0.05) is 0 Å². The minimum atomic E-state index is -0.551. The summed E-state index contributed by atoms with van der Waals surface area (Å²) >= 11 is 0. The maximum atomic E-state index is 12.1. The lowest BCUT2D eigenvalue weighted by atomic mass is 10.1. The zero-order valence-electron chi connectivity index (χ0n) is 14.8. The third-order valence-corrected chi connectivity index (χ3v) is 3.92. The van der Waals surface area contributed by atoms with Crippen molar-refractivity contribution < 1.29 is 14.3 Å². The number of amides is 1. The molecule has 4 heteroatoms. The van der Waals surface area contributed by atoms with E-state index in [1.54, 1.807) is 6.92 Å². The monoisotopic (exact) mass is 327 g/mol. The second-order valence-electron chi connectivity index (χ2n) is 5.91. The van der Waals surface area contributed by atoms with E-state index < -0.39 is 6.10 Å². The molecule has 0 spiro atoms. The van der Waals surface area contributed by atoms with Gasteiger partial charge in [0.15, 0.2) is 6.10 Å². The van der Waals surface area contributed by atoms with E-state index in [9.17, 15) is 4.79 Å². The van der Waals surface area contributed by atoms with Crippen molar-refractivity contribution in [1.29, 1.82) is 0 Å². The number of hydrogen-bond acceptors (Lipinski definition) is 3. The second-order valence-corrected chi connectivity index (χ2v) is 5.91. The highest BCUT2D eigenvalue weighted by atomic mass is 16.5. The predicted molar refractivity (Wildman–Crippen MR) is 95.7 cm³/mol. The zero-order chi connectivity index (χ0) is 17.5. The molecule has 1 unspecified atom stereocenters. The van der Waals surface area contributed by atoms with E-state index in [0.717, 1.165) is 22.6 Å². The van der Waals surface area contributed by atoms with Crippen LogP contribution in [0.5, 0.6) is 11.5 Å². The average Bonchev–Trinajstić information content (AvgIpc) is 2.57. The van der Waals surface area contributed by atoms with Crippen molar-refractivity contribution in [3.05, 3.63) is 59.2 Å². The van der Waals surface area contributed by atoms with Gasteiger partial charge in [-0.15, -0.1) is 0 Å². The van der Waals surface area contributed by atoms with E-state index in [-0.39, 0.29) is 5.91 Å². The molecule has 0 aliphatic heterocycles. The van der Waals surface area contributed by atoms with Gasteiger partial charge in [-0.2, -0.15) is 0 Å². The van der Waals surface area contributed by atoms with Crippen LogP contribution >= 0.6 is 0 Å². The van der Waals surface area contributed by atoms with Gasteiger partial charge in [0.25, 0.3) is 5.91 Å². The fourth-order valence-corrected chi connectivity index (χ4v) is 2.22. The van der Waals surface area contributed by atoms with Gasteiger partial charge in [0.1, 0.15) is 18.1 Å². The molecule has 128 valence electrons. The first-order valence-electron chi connectivity index (χ1n) is 8.17. The number of rotatable bonds is 7. The molecule has 1 amide bonds. The van der Waals surface area contributed by atoms with Crippen LogP contribution in [0.2, 0.25) is 0 Å². The van der Waals surface area contributed by atoms with E-state index in [1.165, 1.54) is 5.56 Å². The van der Waals surface area contributed by atoms with Crippen LogP contribution in [0.25, 0.3) is 0 Å². The first kappa shape index (κ1) is 17.9. The predicted octanol–water partition coefficient (Wildman–Crippen LogP) is 3.57. The van der Waals surface area contributed by atoms with Crippen molar-refractivity contribution >= 4 is 5.91 Å². The largest absolute Gasteiger partial charge is 0.492 e. The summed E-state index contributed by atoms with van der Waals surface area (Å²) in [6, 6.07) is 13.7. The Bertz CT molecular complexity index is 680. The fraction of sp³-hybridized carbons (Fsp3) is 0.350. The molecule has 0 aliphatic rings. The molecule has 4 nitrogen and oxygen atoms in total. The number of ether oxygens (including phenoxy) is 2. The highest BCUT2D eigenvalue weighted by Crippen LogP contribution is 2.21.